The maximum Gasteiger partial charge on any atom is 0.261 e. The lowest BCUT2D eigenvalue weighted by atomic mass is 10.0. The van der Waals surface area contributed by atoms with Gasteiger partial charge in [0, 0.05) is 13.1 Å². The number of hydrogen-bond donors (Lipinski definition) is 1. The van der Waals surface area contributed by atoms with Crippen molar-refractivity contribution in [2.24, 2.45) is 5.92 Å². The van der Waals surface area contributed by atoms with Crippen LogP contribution in [0.4, 0.5) is 0 Å². The Kier molecular flexibility index (Phi) is 9.76. The highest BCUT2D eigenvalue weighted by Crippen LogP contribution is 2.29. The minimum atomic E-state index is -0.615. The number of amides is 2. The third kappa shape index (κ3) is 7.37. The van der Waals surface area contributed by atoms with E-state index in [-0.39, 0.29) is 18.4 Å². The summed E-state index contributed by atoms with van der Waals surface area (Å²) in [6.45, 7) is 12.9. The molecule has 0 fully saturated rings. The molecule has 2 aromatic carbocycles. The van der Waals surface area contributed by atoms with Crippen LogP contribution in [0.5, 0.6) is 5.75 Å². The van der Waals surface area contributed by atoms with Gasteiger partial charge in [0.25, 0.3) is 5.91 Å². The minimum Gasteiger partial charge on any atom is -0.483 e. The van der Waals surface area contributed by atoms with Crippen LogP contribution >= 0.6 is 15.9 Å². The molecule has 0 radical (unpaired) electrons. The standard InChI is InChI=1S/C26H35BrN2O3/c1-17(2)14-28-26(31)20(6)29(15-22-10-8-7-9-19(22)5)25(30)16-32-24-12-11-21(18(3)4)13-23(24)27/h7-13,17-18,20H,14-16H2,1-6H3,(H,28,31)/t20-/m1/s1. The maximum atomic E-state index is 13.2. The average Bonchev–Trinajstić information content (AvgIpc) is 2.75. The van der Waals surface area contributed by atoms with Crippen molar-refractivity contribution in [1.29, 1.82) is 0 Å². The highest BCUT2D eigenvalue weighted by Gasteiger charge is 2.27. The molecule has 0 aromatic heterocycles. The molecule has 174 valence electrons. The van der Waals surface area contributed by atoms with E-state index in [9.17, 15) is 9.59 Å². The first-order valence-corrected chi connectivity index (χ1v) is 11.9. The van der Waals surface area contributed by atoms with E-state index in [1.807, 2.05) is 63.2 Å². The lowest BCUT2D eigenvalue weighted by molar-refractivity contribution is -0.142. The van der Waals surface area contributed by atoms with Crippen molar-refractivity contribution in [2.75, 3.05) is 13.2 Å². The van der Waals surface area contributed by atoms with E-state index >= 15 is 0 Å². The molecule has 0 aliphatic rings. The molecule has 0 saturated carbocycles. The zero-order valence-electron chi connectivity index (χ0n) is 19.9. The molecule has 0 bridgehead atoms. The zero-order chi connectivity index (χ0) is 23.8. The molecular weight excluding hydrogens is 468 g/mol. The van der Waals surface area contributed by atoms with Gasteiger partial charge in [0.2, 0.25) is 5.91 Å². The molecule has 0 spiro atoms. The van der Waals surface area contributed by atoms with Crippen molar-refractivity contribution < 1.29 is 14.3 Å². The topological polar surface area (TPSA) is 58.6 Å². The highest BCUT2D eigenvalue weighted by atomic mass is 79.9. The van der Waals surface area contributed by atoms with E-state index in [0.29, 0.717) is 30.7 Å². The number of carbonyl (C=O) groups excluding carboxylic acids is 2. The van der Waals surface area contributed by atoms with E-state index in [1.54, 1.807) is 11.8 Å². The van der Waals surface area contributed by atoms with Crippen LogP contribution in [-0.4, -0.2) is 35.9 Å². The predicted octanol–water partition coefficient (Wildman–Crippen LogP) is 5.45. The number of nitrogens with zero attached hydrogens (tertiary/aromatic N) is 1. The normalized spacial score (nSPS) is 12.0. The molecule has 0 saturated heterocycles. The predicted molar refractivity (Wildman–Crippen MR) is 133 cm³/mol. The van der Waals surface area contributed by atoms with Crippen LogP contribution < -0.4 is 10.1 Å². The van der Waals surface area contributed by atoms with Crippen LogP contribution in [0.3, 0.4) is 0 Å². The fourth-order valence-electron chi connectivity index (χ4n) is 3.22. The largest absolute Gasteiger partial charge is 0.483 e. The summed E-state index contributed by atoms with van der Waals surface area (Å²) in [6, 6.07) is 13.2. The summed E-state index contributed by atoms with van der Waals surface area (Å²) in [5.74, 6) is 0.942. The lowest BCUT2D eigenvalue weighted by Gasteiger charge is -2.29. The highest BCUT2D eigenvalue weighted by molar-refractivity contribution is 9.10. The van der Waals surface area contributed by atoms with Gasteiger partial charge in [-0.25, -0.2) is 0 Å². The summed E-state index contributed by atoms with van der Waals surface area (Å²) in [4.78, 5) is 27.5. The second-order valence-electron chi connectivity index (χ2n) is 8.90. The molecule has 1 N–H and O–H groups in total. The van der Waals surface area contributed by atoms with Crippen molar-refractivity contribution >= 4 is 27.7 Å². The van der Waals surface area contributed by atoms with Gasteiger partial charge in [-0.15, -0.1) is 0 Å². The molecule has 2 amide bonds. The fraction of sp³-hybridized carbons (Fsp3) is 0.462. The van der Waals surface area contributed by atoms with Crippen molar-refractivity contribution in [2.45, 2.75) is 60.0 Å². The number of ether oxygens (including phenoxy) is 1. The van der Waals surface area contributed by atoms with Gasteiger partial charge in [-0.1, -0.05) is 58.0 Å². The summed E-state index contributed by atoms with van der Waals surface area (Å²) in [6.07, 6.45) is 0. The summed E-state index contributed by atoms with van der Waals surface area (Å²) in [7, 11) is 0. The van der Waals surface area contributed by atoms with Gasteiger partial charge in [-0.3, -0.25) is 9.59 Å². The maximum absolute atomic E-state index is 13.2. The fourth-order valence-corrected chi connectivity index (χ4v) is 3.73. The first-order valence-electron chi connectivity index (χ1n) is 11.1. The summed E-state index contributed by atoms with van der Waals surface area (Å²) < 4.78 is 6.65. The van der Waals surface area contributed by atoms with E-state index < -0.39 is 6.04 Å². The second-order valence-corrected chi connectivity index (χ2v) is 9.75. The third-order valence-corrected chi connectivity index (χ3v) is 6.05. The molecule has 2 aromatic rings. The summed E-state index contributed by atoms with van der Waals surface area (Å²) >= 11 is 3.54. The number of aryl methyl sites for hydroxylation is 1. The van der Waals surface area contributed by atoms with E-state index in [4.69, 9.17) is 4.74 Å². The molecule has 6 heteroatoms. The molecule has 0 aliphatic heterocycles. The SMILES string of the molecule is Cc1ccccc1CN(C(=O)COc1ccc(C(C)C)cc1Br)[C@H](C)C(=O)NCC(C)C. The first-order chi connectivity index (χ1) is 15.1. The Morgan fingerprint density at radius 1 is 1.06 bits per heavy atom. The third-order valence-electron chi connectivity index (χ3n) is 5.43. The zero-order valence-corrected chi connectivity index (χ0v) is 21.5. The van der Waals surface area contributed by atoms with Crippen molar-refractivity contribution in [1.82, 2.24) is 10.2 Å². The van der Waals surface area contributed by atoms with Crippen LogP contribution in [0.2, 0.25) is 0 Å². The Labute approximate surface area is 200 Å². The minimum absolute atomic E-state index is 0.146. The van der Waals surface area contributed by atoms with Crippen LogP contribution in [0.15, 0.2) is 46.9 Å². The van der Waals surface area contributed by atoms with Gasteiger partial charge in [0.1, 0.15) is 11.8 Å². The number of halogens is 1. The number of hydrogen-bond acceptors (Lipinski definition) is 3. The van der Waals surface area contributed by atoms with Crippen molar-refractivity contribution in [3.63, 3.8) is 0 Å². The Bertz CT molecular complexity index is 927. The van der Waals surface area contributed by atoms with Crippen LogP contribution in [0.25, 0.3) is 0 Å². The van der Waals surface area contributed by atoms with Crippen LogP contribution in [0, 0.1) is 12.8 Å². The number of benzene rings is 2. The van der Waals surface area contributed by atoms with Gasteiger partial charge in [-0.2, -0.15) is 0 Å². The quantitative estimate of drug-likeness (QED) is 0.469. The van der Waals surface area contributed by atoms with Crippen LogP contribution in [0.1, 0.15) is 57.2 Å². The molecule has 5 nitrogen and oxygen atoms in total. The van der Waals surface area contributed by atoms with Gasteiger partial charge in [0.15, 0.2) is 6.61 Å². The van der Waals surface area contributed by atoms with Crippen molar-refractivity contribution in [3.05, 3.63) is 63.6 Å². The Hall–Kier alpha value is -2.34. The average molecular weight is 503 g/mol. The molecule has 0 aliphatic carbocycles. The summed E-state index contributed by atoms with van der Waals surface area (Å²) in [5, 5.41) is 2.94. The second kappa shape index (κ2) is 12.0. The Morgan fingerprint density at radius 3 is 2.34 bits per heavy atom. The Morgan fingerprint density at radius 2 is 1.75 bits per heavy atom. The molecule has 0 unspecified atom stereocenters. The van der Waals surface area contributed by atoms with Gasteiger partial charge in [-0.05, 0) is 70.4 Å². The number of nitrogens with one attached hydrogen (secondary N) is 1. The molecule has 0 heterocycles. The molecule has 1 atom stereocenters. The van der Waals surface area contributed by atoms with E-state index in [0.717, 1.165) is 15.6 Å². The molecule has 32 heavy (non-hydrogen) atoms. The number of rotatable bonds is 10. The van der Waals surface area contributed by atoms with Crippen LogP contribution in [-0.2, 0) is 16.1 Å². The van der Waals surface area contributed by atoms with Gasteiger partial charge >= 0.3 is 0 Å². The van der Waals surface area contributed by atoms with Gasteiger partial charge < -0.3 is 15.0 Å². The van der Waals surface area contributed by atoms with Crippen molar-refractivity contribution in [3.8, 4) is 5.75 Å². The first kappa shape index (κ1) is 25.9. The van der Waals surface area contributed by atoms with E-state index in [1.165, 1.54) is 5.56 Å². The number of carbonyl (C=O) groups is 2. The molecule has 2 rings (SSSR count). The Balaban J connectivity index is 2.17. The van der Waals surface area contributed by atoms with Gasteiger partial charge in [0.05, 0.1) is 4.47 Å². The lowest BCUT2D eigenvalue weighted by Crippen LogP contribution is -2.49. The smallest absolute Gasteiger partial charge is 0.261 e. The molecular formula is C26H35BrN2O3. The van der Waals surface area contributed by atoms with E-state index in [2.05, 4.69) is 35.1 Å². The monoisotopic (exact) mass is 502 g/mol. The summed E-state index contributed by atoms with van der Waals surface area (Å²) in [5.41, 5.74) is 3.27.